The first kappa shape index (κ1) is 21.6. The number of hydrogen-bond acceptors (Lipinski definition) is 8. The molecular formula is C22H25N3O5. The first-order chi connectivity index (χ1) is 14.6. The maximum absolute atomic E-state index is 13.7. The van der Waals surface area contributed by atoms with Crippen LogP contribution in [0.3, 0.4) is 0 Å². The predicted molar refractivity (Wildman–Crippen MR) is 109 cm³/mol. The molecule has 2 atom stereocenters. The number of aromatic nitrogens is 1. The molecule has 0 spiro atoms. The third-order valence-electron chi connectivity index (χ3n) is 5.13. The molecule has 30 heavy (non-hydrogen) atoms. The molecular weight excluding hydrogens is 386 g/mol. The molecule has 158 valence electrons. The minimum absolute atomic E-state index is 0.0364. The van der Waals surface area contributed by atoms with Gasteiger partial charge in [0.15, 0.2) is 11.4 Å². The smallest absolute Gasteiger partial charge is 0.259 e. The van der Waals surface area contributed by atoms with Crippen LogP contribution in [0.15, 0.2) is 36.5 Å². The molecule has 8 heteroatoms. The molecule has 0 bridgehead atoms. The fourth-order valence-corrected chi connectivity index (χ4v) is 3.54. The van der Waals surface area contributed by atoms with Gasteiger partial charge in [-0.15, -0.1) is 0 Å². The lowest BCUT2D eigenvalue weighted by Crippen LogP contribution is -2.59. The second-order valence-corrected chi connectivity index (χ2v) is 6.96. The van der Waals surface area contributed by atoms with Gasteiger partial charge in [-0.1, -0.05) is 12.1 Å². The van der Waals surface area contributed by atoms with Crippen molar-refractivity contribution in [2.45, 2.75) is 31.4 Å². The number of pyridine rings is 1. The van der Waals surface area contributed by atoms with E-state index < -0.39 is 5.60 Å². The van der Waals surface area contributed by atoms with E-state index in [4.69, 9.17) is 14.2 Å². The van der Waals surface area contributed by atoms with Crippen LogP contribution in [0.1, 0.15) is 35.7 Å². The summed E-state index contributed by atoms with van der Waals surface area (Å²) in [5, 5.41) is 22.0. The molecule has 1 aliphatic heterocycles. The number of benzene rings is 1. The highest BCUT2D eigenvalue weighted by atomic mass is 16.5. The molecule has 8 nitrogen and oxygen atoms in total. The lowest BCUT2D eigenvalue weighted by Gasteiger charge is -2.39. The molecule has 1 fully saturated rings. The molecule has 0 aliphatic carbocycles. The van der Waals surface area contributed by atoms with Gasteiger partial charge in [0.1, 0.15) is 17.4 Å². The summed E-state index contributed by atoms with van der Waals surface area (Å²) in [6.07, 6.45) is 2.32. The van der Waals surface area contributed by atoms with Gasteiger partial charge in [0.2, 0.25) is 5.78 Å². The van der Waals surface area contributed by atoms with Gasteiger partial charge in [-0.05, 0) is 38.0 Å². The second kappa shape index (κ2) is 9.57. The van der Waals surface area contributed by atoms with E-state index in [-0.39, 0.29) is 42.2 Å². The Bertz CT molecular complexity index is 933. The molecule has 0 amide bonds. The number of aliphatic hydroxyl groups is 1. The van der Waals surface area contributed by atoms with Crippen LogP contribution >= 0.6 is 0 Å². The van der Waals surface area contributed by atoms with Crippen molar-refractivity contribution in [2.75, 3.05) is 26.9 Å². The first-order valence-electron chi connectivity index (χ1n) is 9.81. The van der Waals surface area contributed by atoms with E-state index in [9.17, 15) is 15.2 Å². The summed E-state index contributed by atoms with van der Waals surface area (Å²) in [7, 11) is 1.42. The number of ketones is 1. The molecule has 3 rings (SSSR count). The highest BCUT2D eigenvalue weighted by Crippen LogP contribution is 2.36. The Balaban J connectivity index is 2.04. The number of Topliss-reactive ketones (excluding diaryl/α,β-unsaturated/α-hetero) is 1. The monoisotopic (exact) mass is 411 g/mol. The largest absolute Gasteiger partial charge is 0.493 e. The summed E-state index contributed by atoms with van der Waals surface area (Å²) >= 11 is 0. The van der Waals surface area contributed by atoms with Crippen LogP contribution < -0.4 is 19.5 Å². The first-order valence-corrected chi connectivity index (χ1v) is 9.81. The Morgan fingerprint density at radius 1 is 1.40 bits per heavy atom. The van der Waals surface area contributed by atoms with Crippen molar-refractivity contribution in [1.29, 1.82) is 5.26 Å². The molecule has 2 heterocycles. The Labute approximate surface area is 175 Å². The molecule has 0 radical (unpaired) electrons. The number of rotatable bonds is 8. The van der Waals surface area contributed by atoms with E-state index >= 15 is 0 Å². The Kier molecular flexibility index (Phi) is 6.87. The predicted octanol–water partition coefficient (Wildman–Crippen LogP) is 2.11. The number of carbonyl (C=O) groups is 1. The fourth-order valence-electron chi connectivity index (χ4n) is 3.54. The van der Waals surface area contributed by atoms with Crippen molar-refractivity contribution in [2.24, 2.45) is 0 Å². The van der Waals surface area contributed by atoms with Gasteiger partial charge in [0, 0.05) is 18.8 Å². The van der Waals surface area contributed by atoms with Crippen molar-refractivity contribution in [1.82, 2.24) is 10.3 Å². The van der Waals surface area contributed by atoms with Crippen LogP contribution in [0.5, 0.6) is 17.4 Å². The average Bonchev–Trinajstić information content (AvgIpc) is 2.79. The number of nitrogens with one attached hydrogen (secondary N) is 1. The Morgan fingerprint density at radius 3 is 2.83 bits per heavy atom. The zero-order chi connectivity index (χ0) is 21.6. The third-order valence-corrected chi connectivity index (χ3v) is 5.13. The normalized spacial score (nSPS) is 20.8. The number of nitrogens with zero attached hydrogens (tertiary/aromatic N) is 2. The van der Waals surface area contributed by atoms with Gasteiger partial charge in [0.25, 0.3) is 5.88 Å². The molecule has 1 aromatic carbocycles. The van der Waals surface area contributed by atoms with E-state index in [1.54, 1.807) is 24.3 Å². The van der Waals surface area contributed by atoms with E-state index in [0.29, 0.717) is 30.8 Å². The quantitative estimate of drug-likeness (QED) is 0.635. The minimum atomic E-state index is -1.30. The van der Waals surface area contributed by atoms with Gasteiger partial charge in [-0.25, -0.2) is 4.98 Å². The lowest BCUT2D eigenvalue weighted by atomic mass is 9.83. The highest BCUT2D eigenvalue weighted by Gasteiger charge is 2.46. The van der Waals surface area contributed by atoms with Crippen molar-refractivity contribution in [3.63, 3.8) is 0 Å². The van der Waals surface area contributed by atoms with Crippen molar-refractivity contribution in [3.05, 3.63) is 47.7 Å². The van der Waals surface area contributed by atoms with Crippen molar-refractivity contribution < 1.29 is 24.1 Å². The number of methoxy groups -OCH3 is 1. The van der Waals surface area contributed by atoms with Crippen LogP contribution in [0.25, 0.3) is 0 Å². The number of hydrogen-bond donors (Lipinski definition) is 2. The fraction of sp³-hybridized carbons (Fsp3) is 0.409. The maximum Gasteiger partial charge on any atom is 0.259 e. The number of para-hydroxylation sites is 1. The SMILES string of the molecule is CCOc1ccccc1C(=O)[C@@]1(Oc2nccc(C#N)c2OC)CC[C@@H](CO)NC1. The van der Waals surface area contributed by atoms with E-state index in [1.807, 2.05) is 13.0 Å². The molecule has 2 aromatic rings. The summed E-state index contributed by atoms with van der Waals surface area (Å²) in [5.74, 6) is 0.460. The number of carbonyl (C=O) groups excluding carboxylic acids is 1. The second-order valence-electron chi connectivity index (χ2n) is 6.96. The molecule has 2 N–H and O–H groups in total. The van der Waals surface area contributed by atoms with Crippen molar-refractivity contribution in [3.8, 4) is 23.4 Å². The van der Waals surface area contributed by atoms with E-state index in [0.717, 1.165) is 0 Å². The number of piperidine rings is 1. The zero-order valence-electron chi connectivity index (χ0n) is 17.1. The zero-order valence-corrected chi connectivity index (χ0v) is 17.1. The summed E-state index contributed by atoms with van der Waals surface area (Å²) in [6.45, 7) is 2.40. The number of nitriles is 1. The van der Waals surface area contributed by atoms with Gasteiger partial charge < -0.3 is 24.6 Å². The van der Waals surface area contributed by atoms with Gasteiger partial charge in [0.05, 0.1) is 25.9 Å². The molecule has 0 saturated carbocycles. The molecule has 1 aliphatic rings. The Hall–Kier alpha value is -3.15. The van der Waals surface area contributed by atoms with Crippen LogP contribution in [-0.4, -0.2) is 54.4 Å². The van der Waals surface area contributed by atoms with Crippen LogP contribution in [0, 0.1) is 11.3 Å². The van der Waals surface area contributed by atoms with Crippen molar-refractivity contribution >= 4 is 5.78 Å². The molecule has 1 aromatic heterocycles. The minimum Gasteiger partial charge on any atom is -0.493 e. The highest BCUT2D eigenvalue weighted by molar-refractivity contribution is 6.05. The number of ether oxygens (including phenoxy) is 3. The van der Waals surface area contributed by atoms with Crippen LogP contribution in [0.4, 0.5) is 0 Å². The summed E-state index contributed by atoms with van der Waals surface area (Å²) in [6, 6.07) is 10.4. The summed E-state index contributed by atoms with van der Waals surface area (Å²) in [4.78, 5) is 17.9. The average molecular weight is 411 g/mol. The van der Waals surface area contributed by atoms with E-state index in [2.05, 4.69) is 10.3 Å². The van der Waals surface area contributed by atoms with Gasteiger partial charge in [-0.3, -0.25) is 4.79 Å². The standard InChI is InChI=1S/C22H25N3O5/c1-3-29-18-7-5-4-6-17(18)20(27)22(10-8-16(13-26)25-14-22)30-21-19(28-2)15(12-23)9-11-24-21/h4-7,9,11,16,25-26H,3,8,10,13-14H2,1-2H3/t16-,22+/m0/s1. The maximum atomic E-state index is 13.7. The lowest BCUT2D eigenvalue weighted by molar-refractivity contribution is 0.0196. The van der Waals surface area contributed by atoms with Gasteiger partial charge >= 0.3 is 0 Å². The molecule has 0 unspecified atom stereocenters. The van der Waals surface area contributed by atoms with Crippen LogP contribution in [0.2, 0.25) is 0 Å². The Morgan fingerprint density at radius 2 is 2.20 bits per heavy atom. The topological polar surface area (TPSA) is 114 Å². The number of aliphatic hydroxyl groups excluding tert-OH is 1. The summed E-state index contributed by atoms with van der Waals surface area (Å²) in [5.41, 5.74) is -0.636. The van der Waals surface area contributed by atoms with Gasteiger partial charge in [-0.2, -0.15) is 5.26 Å². The van der Waals surface area contributed by atoms with E-state index in [1.165, 1.54) is 19.4 Å². The van der Waals surface area contributed by atoms with Crippen LogP contribution in [-0.2, 0) is 0 Å². The summed E-state index contributed by atoms with van der Waals surface area (Å²) < 4.78 is 17.2. The third kappa shape index (κ3) is 4.22. The molecule has 1 saturated heterocycles.